The molecule has 3 aromatic rings. The first kappa shape index (κ1) is 58.9. The van der Waals surface area contributed by atoms with Crippen molar-refractivity contribution < 1.29 is 79.6 Å². The summed E-state index contributed by atoms with van der Waals surface area (Å²) in [5.74, 6) is -2.89. The van der Waals surface area contributed by atoms with E-state index >= 15 is 0 Å². The molecule has 5 amide bonds. The van der Waals surface area contributed by atoms with Gasteiger partial charge in [-0.3, -0.25) is 24.3 Å². The van der Waals surface area contributed by atoms with Gasteiger partial charge in [0.05, 0.1) is 11.2 Å². The Bertz CT molecular complexity index is 2720. The summed E-state index contributed by atoms with van der Waals surface area (Å²) < 4.78 is 62.2. The number of hydroxylamine groups is 2. The van der Waals surface area contributed by atoms with E-state index in [1.165, 1.54) is 19.2 Å². The fourth-order valence-corrected chi connectivity index (χ4v) is 7.27. The Morgan fingerprint density at radius 2 is 1.51 bits per heavy atom. The molecule has 73 heavy (non-hydrogen) atoms. The molecule has 1 aliphatic rings. The molecule has 1 saturated heterocycles. The van der Waals surface area contributed by atoms with Gasteiger partial charge in [0.1, 0.15) is 46.5 Å². The number of imidazole rings is 1. The summed E-state index contributed by atoms with van der Waals surface area (Å²) in [6.07, 6.45) is -1.85. The fourth-order valence-electron chi connectivity index (χ4n) is 6.14. The maximum Gasteiger partial charge on any atom is 0.444 e. The van der Waals surface area contributed by atoms with Crippen molar-refractivity contribution in [2.75, 3.05) is 18.5 Å². The number of nitrogens with zero attached hydrogens (tertiary/aromatic N) is 6. The predicted molar refractivity (Wildman–Crippen MR) is 261 cm³/mol. The number of esters is 1. The van der Waals surface area contributed by atoms with E-state index in [-0.39, 0.29) is 28.7 Å². The van der Waals surface area contributed by atoms with Crippen LogP contribution in [0.2, 0.25) is 0 Å². The second kappa shape index (κ2) is 23.1. The summed E-state index contributed by atoms with van der Waals surface area (Å²) in [6, 6.07) is 5.18. The smallest absolute Gasteiger partial charge is 0.444 e. The minimum absolute atomic E-state index is 0.104. The van der Waals surface area contributed by atoms with E-state index < -0.39 is 98.9 Å². The fraction of sp³-hybridized carbons (Fsp3) is 0.578. The monoisotopic (exact) mass is 1070 g/mol. The van der Waals surface area contributed by atoms with Crippen LogP contribution in [0.4, 0.5) is 19.5 Å². The van der Waals surface area contributed by atoms with E-state index in [0.29, 0.717) is 29.3 Å². The first-order valence-electron chi connectivity index (χ1n) is 22.6. The molecule has 0 unspecified atom stereocenters. The number of β-lactam (4-membered cyclic amide) rings is 1. The van der Waals surface area contributed by atoms with Gasteiger partial charge in [-0.15, -0.1) is 20.6 Å². The van der Waals surface area contributed by atoms with Gasteiger partial charge in [0, 0.05) is 31.7 Å². The number of ether oxygens (including phenoxy) is 4. The van der Waals surface area contributed by atoms with Crippen LogP contribution in [-0.4, -0.2) is 127 Å². The molecule has 0 radical (unpaired) electrons. The van der Waals surface area contributed by atoms with Gasteiger partial charge in [-0.05, 0) is 133 Å². The standard InChI is InChI=1S/C45H65N9O17S2/c1-41(2,3)65-35(57)30(68-51-31(28-25-72-36(47-28)49-40(60)69-70-44(10,11)12)33(55)48-32-34(56)54(45(32,13)14)71-73(61,62)63)24-64-27-19-17-26(18-20-27)29-23-53(22-16-21-46-38(58)66-42(4,5)6)37(52(29)15)50-39(59)67-43(7,8)9/h17-20,23,25,30,32H,16,21-22,24H2,1-15H3,(H,46,58)(H,48,55)(H,47,49,60)(H,61,62,63)/b50-37?,51-31-/t30-,32+/m0/s1. The average Bonchev–Trinajstić information content (AvgIpc) is 3.81. The van der Waals surface area contributed by atoms with Crippen molar-refractivity contribution >= 4 is 68.6 Å². The van der Waals surface area contributed by atoms with E-state index in [4.69, 9.17) is 33.6 Å². The number of nitrogens with one attached hydrogen (secondary N) is 3. The van der Waals surface area contributed by atoms with Crippen molar-refractivity contribution in [3.8, 4) is 17.0 Å². The lowest BCUT2D eigenvalue weighted by Crippen LogP contribution is -2.76. The van der Waals surface area contributed by atoms with Crippen molar-refractivity contribution in [1.29, 1.82) is 0 Å². The van der Waals surface area contributed by atoms with Crippen LogP contribution in [-0.2, 0) is 71.5 Å². The Hall–Kier alpha value is -6.62. The Morgan fingerprint density at radius 3 is 2.07 bits per heavy atom. The molecular formula is C45H65N9O17S2. The van der Waals surface area contributed by atoms with Gasteiger partial charge in [-0.2, -0.15) is 18.4 Å². The molecule has 28 heteroatoms. The van der Waals surface area contributed by atoms with Gasteiger partial charge in [0.25, 0.3) is 17.9 Å². The van der Waals surface area contributed by atoms with Gasteiger partial charge in [0.15, 0.2) is 10.8 Å². The van der Waals surface area contributed by atoms with Gasteiger partial charge >= 0.3 is 34.6 Å². The summed E-state index contributed by atoms with van der Waals surface area (Å²) >= 11 is 0.824. The second-order valence-electron chi connectivity index (χ2n) is 20.8. The zero-order chi connectivity index (χ0) is 55.1. The molecule has 0 spiro atoms. The minimum Gasteiger partial charge on any atom is -0.489 e. The molecule has 0 saturated carbocycles. The Kier molecular flexibility index (Phi) is 18.6. The lowest BCUT2D eigenvalue weighted by Gasteiger charge is -2.50. The van der Waals surface area contributed by atoms with Crippen LogP contribution in [0, 0.1) is 0 Å². The highest BCUT2D eigenvalue weighted by molar-refractivity contribution is 7.80. The van der Waals surface area contributed by atoms with Crippen LogP contribution in [0.1, 0.15) is 109 Å². The number of aromatic nitrogens is 3. The molecule has 4 rings (SSSR count). The predicted octanol–water partition coefficient (Wildman–Crippen LogP) is 5.33. The van der Waals surface area contributed by atoms with Crippen molar-refractivity contribution in [1.82, 2.24) is 29.8 Å². The highest BCUT2D eigenvalue weighted by Gasteiger charge is 2.58. The lowest BCUT2D eigenvalue weighted by atomic mass is 9.84. The molecule has 2 aromatic heterocycles. The Morgan fingerprint density at radius 1 is 0.890 bits per heavy atom. The van der Waals surface area contributed by atoms with Crippen molar-refractivity contribution in [3.63, 3.8) is 0 Å². The molecule has 1 fully saturated rings. The van der Waals surface area contributed by atoms with Gasteiger partial charge < -0.3 is 43.6 Å². The number of thiazole rings is 1. The number of anilines is 1. The molecular weight excluding hydrogens is 1000 g/mol. The number of alkyl carbamates (subject to hydrolysis) is 1. The van der Waals surface area contributed by atoms with E-state index in [1.807, 2.05) is 0 Å². The third-order valence-electron chi connectivity index (χ3n) is 9.18. The van der Waals surface area contributed by atoms with E-state index in [9.17, 15) is 41.7 Å². The number of amides is 5. The number of carbonyl (C=O) groups is 6. The summed E-state index contributed by atoms with van der Waals surface area (Å²) in [4.78, 5) is 102. The quantitative estimate of drug-likeness (QED) is 0.0183. The molecule has 0 bridgehead atoms. The van der Waals surface area contributed by atoms with Crippen molar-refractivity contribution in [3.05, 3.63) is 47.2 Å². The summed E-state index contributed by atoms with van der Waals surface area (Å²) in [6.45, 7) is 22.9. The number of oxime groups is 1. The molecule has 2 atom stereocenters. The molecule has 26 nitrogen and oxygen atoms in total. The molecule has 3 heterocycles. The molecule has 1 aliphatic heterocycles. The number of hydrogen-bond donors (Lipinski definition) is 4. The summed E-state index contributed by atoms with van der Waals surface area (Å²) in [5, 5.41) is 13.0. The van der Waals surface area contributed by atoms with Crippen molar-refractivity contribution in [2.24, 2.45) is 17.2 Å². The molecule has 404 valence electrons. The summed E-state index contributed by atoms with van der Waals surface area (Å²) in [5.41, 5.74) is -4.20. The minimum atomic E-state index is -5.12. The summed E-state index contributed by atoms with van der Waals surface area (Å²) in [7, 11) is -3.40. The number of benzene rings is 1. The zero-order valence-electron chi connectivity index (χ0n) is 43.4. The molecule has 1 aromatic carbocycles. The van der Waals surface area contributed by atoms with Crippen LogP contribution < -0.4 is 26.3 Å². The van der Waals surface area contributed by atoms with Crippen LogP contribution in [0.25, 0.3) is 11.3 Å². The topological polar surface area (TPSA) is 317 Å². The lowest BCUT2D eigenvalue weighted by molar-refractivity contribution is -0.297. The SMILES string of the molecule is Cn1c(-c2ccc(OC[C@H](O/N=C(\C(=O)N[C@@H]3C(=O)N(OS(=O)(=O)O)C3(C)C)c3csc(NC(=O)OOC(C)(C)C)n3)C(=O)OC(C)(C)C)cc2)cn(CCCNC(=O)OC(C)(C)C)c1=NC(=O)OC(C)(C)C. The molecule has 0 aliphatic carbocycles. The Labute approximate surface area is 426 Å². The van der Waals surface area contributed by atoms with Gasteiger partial charge in [-0.25, -0.2) is 24.2 Å². The van der Waals surface area contributed by atoms with Gasteiger partial charge in [0.2, 0.25) is 5.62 Å². The maximum atomic E-state index is 14.0. The first-order valence-corrected chi connectivity index (χ1v) is 24.8. The van der Waals surface area contributed by atoms with E-state index in [1.54, 1.807) is 130 Å². The van der Waals surface area contributed by atoms with Crippen LogP contribution in [0.15, 0.2) is 46.0 Å². The average molecular weight is 1070 g/mol. The normalized spacial score (nSPS) is 15.9. The van der Waals surface area contributed by atoms with Crippen LogP contribution >= 0.6 is 11.3 Å². The number of aryl methyl sites for hydroxylation is 1. The number of hydrogen-bond acceptors (Lipinski definition) is 19. The highest BCUT2D eigenvalue weighted by atomic mass is 32.3. The third-order valence-corrected chi connectivity index (χ3v) is 10.3. The third kappa shape index (κ3) is 18.4. The van der Waals surface area contributed by atoms with E-state index in [2.05, 4.69) is 35.4 Å². The Balaban J connectivity index is 1.63. The van der Waals surface area contributed by atoms with Crippen LogP contribution in [0.5, 0.6) is 5.75 Å². The van der Waals surface area contributed by atoms with Crippen LogP contribution in [0.3, 0.4) is 0 Å². The van der Waals surface area contributed by atoms with Crippen molar-refractivity contribution in [2.45, 2.75) is 150 Å². The zero-order valence-corrected chi connectivity index (χ0v) is 45.1. The molecule has 4 N–H and O–H groups in total. The second-order valence-corrected chi connectivity index (χ2v) is 22.6. The first-order chi connectivity index (χ1) is 33.4. The maximum absolute atomic E-state index is 14.0. The largest absolute Gasteiger partial charge is 0.489 e. The number of rotatable bonds is 18. The van der Waals surface area contributed by atoms with Gasteiger partial charge in [-0.1, -0.05) is 5.16 Å². The highest BCUT2D eigenvalue weighted by Crippen LogP contribution is 2.33. The van der Waals surface area contributed by atoms with E-state index in [0.717, 1.165) is 11.3 Å². The number of carbonyl (C=O) groups excluding carboxylic acids is 6.